The first-order valence-corrected chi connectivity index (χ1v) is 8.14. The van der Waals surface area contributed by atoms with Gasteiger partial charge in [-0.1, -0.05) is 35.9 Å². The number of amides is 1. The zero-order valence-corrected chi connectivity index (χ0v) is 15.4. The Labute approximate surface area is 154 Å². The van der Waals surface area contributed by atoms with E-state index in [1.807, 2.05) is 31.2 Å². The molecule has 0 spiro atoms. The lowest BCUT2D eigenvalue weighted by molar-refractivity contribution is -0.124. The van der Waals surface area contributed by atoms with Crippen LogP contribution in [0.25, 0.3) is 6.08 Å². The van der Waals surface area contributed by atoms with E-state index in [-0.39, 0.29) is 11.5 Å². The first-order chi connectivity index (χ1) is 12.4. The van der Waals surface area contributed by atoms with Gasteiger partial charge in [0.15, 0.2) is 11.5 Å². The predicted octanol–water partition coefficient (Wildman–Crippen LogP) is 3.58. The van der Waals surface area contributed by atoms with Crippen LogP contribution >= 0.6 is 0 Å². The molecule has 0 unspecified atom stereocenters. The molecule has 1 amide bonds. The standard InChI is InChI=1S/C21H22N2O3/c1-15-6-5-7-17(10-15)14-26-19-9-8-16(12-20(19)25-4)11-18(13-22)21(24)23(2)3/h5-12H,14H2,1-4H3/b18-11-. The topological polar surface area (TPSA) is 62.6 Å². The fraction of sp³-hybridized carbons (Fsp3) is 0.238. The summed E-state index contributed by atoms with van der Waals surface area (Å²) in [5.74, 6) is 0.802. The van der Waals surface area contributed by atoms with E-state index < -0.39 is 0 Å². The van der Waals surface area contributed by atoms with Gasteiger partial charge in [-0.15, -0.1) is 0 Å². The number of aryl methyl sites for hydroxylation is 1. The Morgan fingerprint density at radius 3 is 2.58 bits per heavy atom. The molecule has 0 heterocycles. The van der Waals surface area contributed by atoms with Crippen molar-refractivity contribution in [2.45, 2.75) is 13.5 Å². The Morgan fingerprint density at radius 1 is 1.19 bits per heavy atom. The molecule has 134 valence electrons. The van der Waals surface area contributed by atoms with Gasteiger partial charge in [0, 0.05) is 14.1 Å². The second-order valence-electron chi connectivity index (χ2n) is 6.06. The molecule has 0 radical (unpaired) electrons. The number of nitrogens with zero attached hydrogens (tertiary/aromatic N) is 2. The number of carbonyl (C=O) groups excluding carboxylic acids is 1. The summed E-state index contributed by atoms with van der Waals surface area (Å²) in [6, 6.07) is 15.3. The molecule has 2 aromatic rings. The molecule has 0 saturated carbocycles. The average Bonchev–Trinajstić information content (AvgIpc) is 2.64. The van der Waals surface area contributed by atoms with Crippen molar-refractivity contribution in [3.63, 3.8) is 0 Å². The summed E-state index contributed by atoms with van der Waals surface area (Å²) in [5, 5.41) is 9.20. The summed E-state index contributed by atoms with van der Waals surface area (Å²) in [6.45, 7) is 2.46. The third-order valence-electron chi connectivity index (χ3n) is 3.73. The Morgan fingerprint density at radius 2 is 1.96 bits per heavy atom. The highest BCUT2D eigenvalue weighted by Gasteiger charge is 2.12. The van der Waals surface area contributed by atoms with Crippen LogP contribution in [0.5, 0.6) is 11.5 Å². The summed E-state index contributed by atoms with van der Waals surface area (Å²) in [7, 11) is 4.77. The average molecular weight is 350 g/mol. The molecule has 0 N–H and O–H groups in total. The van der Waals surface area contributed by atoms with Gasteiger partial charge in [0.2, 0.25) is 0 Å². The second kappa shape index (κ2) is 8.72. The van der Waals surface area contributed by atoms with Crippen molar-refractivity contribution in [2.75, 3.05) is 21.2 Å². The zero-order valence-electron chi connectivity index (χ0n) is 15.4. The first-order valence-electron chi connectivity index (χ1n) is 8.14. The number of hydrogen-bond donors (Lipinski definition) is 0. The number of benzene rings is 2. The van der Waals surface area contributed by atoms with E-state index in [1.54, 1.807) is 39.4 Å². The lowest BCUT2D eigenvalue weighted by Gasteiger charge is -2.12. The van der Waals surface area contributed by atoms with Crippen molar-refractivity contribution in [1.82, 2.24) is 4.90 Å². The zero-order chi connectivity index (χ0) is 19.1. The third kappa shape index (κ3) is 4.87. The van der Waals surface area contributed by atoms with Crippen molar-refractivity contribution in [3.05, 3.63) is 64.7 Å². The lowest BCUT2D eigenvalue weighted by atomic mass is 10.1. The van der Waals surface area contributed by atoms with Gasteiger partial charge in [0.25, 0.3) is 5.91 Å². The van der Waals surface area contributed by atoms with Gasteiger partial charge in [-0.3, -0.25) is 4.79 Å². The maximum atomic E-state index is 12.0. The summed E-state index contributed by atoms with van der Waals surface area (Å²) >= 11 is 0. The van der Waals surface area contributed by atoms with E-state index in [2.05, 4.69) is 6.07 Å². The summed E-state index contributed by atoms with van der Waals surface area (Å²) in [4.78, 5) is 13.3. The van der Waals surface area contributed by atoms with E-state index in [9.17, 15) is 10.1 Å². The Kier molecular flexibility index (Phi) is 6.40. The fourth-order valence-electron chi connectivity index (χ4n) is 2.41. The molecular formula is C21H22N2O3. The molecule has 0 bridgehead atoms. The highest BCUT2D eigenvalue weighted by atomic mass is 16.5. The quantitative estimate of drug-likeness (QED) is 0.590. The molecule has 0 fully saturated rings. The Hall–Kier alpha value is -3.26. The number of carbonyl (C=O) groups is 1. The van der Waals surface area contributed by atoms with Gasteiger partial charge in [-0.2, -0.15) is 5.26 Å². The number of ether oxygens (including phenoxy) is 2. The number of rotatable bonds is 6. The molecule has 2 rings (SSSR count). The fourth-order valence-corrected chi connectivity index (χ4v) is 2.41. The molecule has 0 aliphatic heterocycles. The van der Waals surface area contributed by atoms with Crippen LogP contribution in [0.4, 0.5) is 0 Å². The maximum absolute atomic E-state index is 12.0. The van der Waals surface area contributed by atoms with E-state index >= 15 is 0 Å². The van der Waals surface area contributed by atoms with Gasteiger partial charge >= 0.3 is 0 Å². The lowest BCUT2D eigenvalue weighted by Crippen LogP contribution is -2.22. The van der Waals surface area contributed by atoms with Crippen LogP contribution in [0.2, 0.25) is 0 Å². The summed E-state index contributed by atoms with van der Waals surface area (Å²) in [6.07, 6.45) is 1.54. The second-order valence-corrected chi connectivity index (χ2v) is 6.06. The van der Waals surface area contributed by atoms with Gasteiger partial charge < -0.3 is 14.4 Å². The monoisotopic (exact) mass is 350 g/mol. The number of hydrogen-bond acceptors (Lipinski definition) is 4. The van der Waals surface area contributed by atoms with Crippen LogP contribution in [0.1, 0.15) is 16.7 Å². The molecule has 0 aromatic heterocycles. The predicted molar refractivity (Wildman–Crippen MR) is 101 cm³/mol. The van der Waals surface area contributed by atoms with Crippen LogP contribution in [0.15, 0.2) is 48.0 Å². The van der Waals surface area contributed by atoms with E-state index in [0.29, 0.717) is 23.7 Å². The van der Waals surface area contributed by atoms with Crippen molar-refractivity contribution in [3.8, 4) is 17.6 Å². The smallest absolute Gasteiger partial charge is 0.264 e. The summed E-state index contributed by atoms with van der Waals surface area (Å²) in [5.41, 5.74) is 2.99. The van der Waals surface area contributed by atoms with Crippen LogP contribution in [0, 0.1) is 18.3 Å². The summed E-state index contributed by atoms with van der Waals surface area (Å²) < 4.78 is 11.2. The number of methoxy groups -OCH3 is 1. The van der Waals surface area contributed by atoms with Crippen LogP contribution in [-0.4, -0.2) is 32.0 Å². The molecule has 0 aliphatic carbocycles. The Balaban J connectivity index is 2.21. The minimum absolute atomic E-state index is 0.0606. The molecule has 0 saturated heterocycles. The molecule has 0 atom stereocenters. The number of likely N-dealkylation sites (N-methyl/N-ethyl adjacent to an activating group) is 1. The third-order valence-corrected chi connectivity index (χ3v) is 3.73. The highest BCUT2D eigenvalue weighted by Crippen LogP contribution is 2.29. The molecule has 2 aromatic carbocycles. The van der Waals surface area contributed by atoms with Crippen LogP contribution in [0.3, 0.4) is 0 Å². The van der Waals surface area contributed by atoms with Gasteiger partial charge in [0.05, 0.1) is 7.11 Å². The van der Waals surface area contributed by atoms with E-state index in [1.165, 1.54) is 16.5 Å². The van der Waals surface area contributed by atoms with Gasteiger partial charge in [-0.05, 0) is 36.3 Å². The van der Waals surface area contributed by atoms with E-state index in [0.717, 1.165) is 5.56 Å². The SMILES string of the molecule is COc1cc(/C=C(/C#N)C(=O)N(C)C)ccc1OCc1cccc(C)c1. The van der Waals surface area contributed by atoms with Gasteiger partial charge in [0.1, 0.15) is 18.2 Å². The van der Waals surface area contributed by atoms with Crippen LogP contribution < -0.4 is 9.47 Å². The largest absolute Gasteiger partial charge is 0.493 e. The van der Waals surface area contributed by atoms with Crippen molar-refractivity contribution in [2.24, 2.45) is 0 Å². The number of nitriles is 1. The van der Waals surface area contributed by atoms with E-state index in [4.69, 9.17) is 9.47 Å². The molecule has 0 aliphatic rings. The normalized spacial score (nSPS) is 10.8. The molecular weight excluding hydrogens is 328 g/mol. The van der Waals surface area contributed by atoms with Crippen molar-refractivity contribution >= 4 is 12.0 Å². The minimum Gasteiger partial charge on any atom is -0.493 e. The minimum atomic E-state index is -0.341. The van der Waals surface area contributed by atoms with Crippen LogP contribution in [-0.2, 0) is 11.4 Å². The first kappa shape index (κ1) is 19.1. The highest BCUT2D eigenvalue weighted by molar-refractivity contribution is 6.01. The Bertz CT molecular complexity index is 864. The molecule has 5 heteroatoms. The maximum Gasteiger partial charge on any atom is 0.264 e. The molecule has 5 nitrogen and oxygen atoms in total. The van der Waals surface area contributed by atoms with Crippen molar-refractivity contribution < 1.29 is 14.3 Å². The molecule has 26 heavy (non-hydrogen) atoms. The van der Waals surface area contributed by atoms with Gasteiger partial charge in [-0.25, -0.2) is 0 Å². The van der Waals surface area contributed by atoms with Crippen molar-refractivity contribution in [1.29, 1.82) is 5.26 Å².